The van der Waals surface area contributed by atoms with Crippen molar-refractivity contribution in [3.63, 3.8) is 0 Å². The van der Waals surface area contributed by atoms with Gasteiger partial charge in [0.25, 0.3) is 0 Å². The second-order valence-electron chi connectivity index (χ2n) is 1.20. The van der Waals surface area contributed by atoms with Gasteiger partial charge in [0.1, 0.15) is 0 Å². The predicted molar refractivity (Wildman–Crippen MR) is 29.7 cm³/mol. The molecule has 0 saturated heterocycles. The molecule has 0 rings (SSSR count). The van der Waals surface area contributed by atoms with Gasteiger partial charge in [-0.15, -0.1) is 0 Å². The van der Waals surface area contributed by atoms with Crippen molar-refractivity contribution in [3.05, 3.63) is 0 Å². The van der Waals surface area contributed by atoms with Crippen LogP contribution in [-0.4, -0.2) is 23.4 Å². The number of rotatable bonds is 0. The Hall–Kier alpha value is -0.0249. The molecule has 2 N–H and O–H groups in total. The Morgan fingerprint density at radius 1 is 1.00 bits per heavy atom. The van der Waals surface area contributed by atoms with Gasteiger partial charge in [0.05, 0.1) is 0 Å². The first-order valence-corrected chi connectivity index (χ1v) is 8.04. The Bertz CT molecular complexity index is 147. The van der Waals surface area contributed by atoms with Crippen molar-refractivity contribution in [2.45, 2.75) is 0 Å². The zero-order valence-corrected chi connectivity index (χ0v) is 10.5. The fourth-order valence-corrected chi connectivity index (χ4v) is 2.47. The van der Waals surface area contributed by atoms with E-state index in [2.05, 4.69) is 18.7 Å². The summed E-state index contributed by atoms with van der Waals surface area (Å²) in [6.07, 6.45) is 0. The molecular weight excluding hydrogens is 305 g/mol. The van der Waals surface area contributed by atoms with Crippen LogP contribution in [0.25, 0.3) is 0 Å². The number of aliphatic hydroxyl groups excluding tert-OH is 2. The molecule has 3 heteroatoms. The predicted octanol–water partition coefficient (Wildman–Crippen LogP) is -1.02. The molecule has 0 unspecified atom stereocenters. The van der Waals surface area contributed by atoms with Crippen LogP contribution in [0.4, 0.5) is 0 Å². The quantitative estimate of drug-likeness (QED) is 0.444. The van der Waals surface area contributed by atoms with Crippen LogP contribution in [0.3, 0.4) is 0 Å². The zero-order chi connectivity index (χ0) is 6.95. The van der Waals surface area contributed by atoms with E-state index in [1.54, 1.807) is 0 Å². The van der Waals surface area contributed by atoms with E-state index in [1.165, 1.54) is 0 Å². The molecule has 0 saturated carbocycles. The minimum atomic E-state index is -1.30. The monoisotopic (exact) mass is 312 g/mol. The molecule has 0 aliphatic carbocycles. The van der Waals surface area contributed by atoms with Crippen molar-refractivity contribution < 1.29 is 34.8 Å². The average molecular weight is 311 g/mol. The molecule has 0 amide bonds. The summed E-state index contributed by atoms with van der Waals surface area (Å²) in [6.45, 7) is -0.137. The zero-order valence-electron chi connectivity index (χ0n) is 5.02. The van der Waals surface area contributed by atoms with Crippen LogP contribution in [-0.2, 0) is 24.6 Å². The first-order valence-electron chi connectivity index (χ1n) is 2.55. The SMILES string of the molecule is OCC#[C][Hg][C]#CCO. The van der Waals surface area contributed by atoms with Gasteiger partial charge in [-0.3, -0.25) is 0 Å². The van der Waals surface area contributed by atoms with Gasteiger partial charge in [0.2, 0.25) is 0 Å². The number of hydrogen-bond donors (Lipinski definition) is 2. The molecule has 44 valence electrons. The van der Waals surface area contributed by atoms with Crippen LogP contribution < -0.4 is 0 Å². The van der Waals surface area contributed by atoms with Gasteiger partial charge >= 0.3 is 66.7 Å². The van der Waals surface area contributed by atoms with E-state index in [-0.39, 0.29) is 13.2 Å². The minimum absolute atomic E-state index is 0.0686. The fraction of sp³-hybridized carbons (Fsp3) is 0.333. The molecule has 0 aromatic rings. The van der Waals surface area contributed by atoms with E-state index < -0.39 is 24.6 Å². The van der Waals surface area contributed by atoms with Gasteiger partial charge < -0.3 is 0 Å². The third kappa shape index (κ3) is 7.98. The summed E-state index contributed by atoms with van der Waals surface area (Å²) in [5.41, 5.74) is 0. The summed E-state index contributed by atoms with van der Waals surface area (Å²) >= 11 is -1.30. The Morgan fingerprint density at radius 2 is 1.44 bits per heavy atom. The first kappa shape index (κ1) is 8.98. The van der Waals surface area contributed by atoms with Crippen molar-refractivity contribution in [2.75, 3.05) is 13.2 Å². The molecule has 2 nitrogen and oxygen atoms in total. The fourth-order valence-electron chi connectivity index (χ4n) is 0.281. The van der Waals surface area contributed by atoms with Crippen molar-refractivity contribution in [3.8, 4) is 18.7 Å². The van der Waals surface area contributed by atoms with Gasteiger partial charge in [-0.25, -0.2) is 0 Å². The Balaban J connectivity index is 3.28. The van der Waals surface area contributed by atoms with Crippen molar-refractivity contribution in [2.24, 2.45) is 0 Å². The summed E-state index contributed by atoms with van der Waals surface area (Å²) in [4.78, 5) is 0. The molecule has 0 aliphatic rings. The van der Waals surface area contributed by atoms with E-state index in [0.29, 0.717) is 0 Å². The van der Waals surface area contributed by atoms with Crippen LogP contribution in [0.1, 0.15) is 0 Å². The molecule has 0 aromatic carbocycles. The molecule has 0 aromatic heterocycles. The maximum absolute atomic E-state index is 8.19. The summed E-state index contributed by atoms with van der Waals surface area (Å²) in [6, 6.07) is 0. The average Bonchev–Trinajstić information content (AvgIpc) is 1.89. The molecule has 0 heterocycles. The normalized spacial score (nSPS) is 5.56. The Morgan fingerprint density at radius 3 is 1.78 bits per heavy atom. The van der Waals surface area contributed by atoms with E-state index in [4.69, 9.17) is 10.2 Å². The van der Waals surface area contributed by atoms with Gasteiger partial charge in [-0.1, -0.05) is 0 Å². The third-order valence-electron chi connectivity index (χ3n) is 0.585. The molecule has 0 spiro atoms. The Kier molecular flexibility index (Phi) is 7.95. The summed E-state index contributed by atoms with van der Waals surface area (Å²) < 4.78 is 5.61. The second kappa shape index (κ2) is 7.98. The van der Waals surface area contributed by atoms with Crippen LogP contribution in [0.2, 0.25) is 0 Å². The number of hydrogen-bond acceptors (Lipinski definition) is 2. The summed E-state index contributed by atoms with van der Waals surface area (Å²) in [7, 11) is 0. The van der Waals surface area contributed by atoms with Crippen LogP contribution >= 0.6 is 0 Å². The standard InChI is InChI=1S/2C3H3O.Hg/c2*1-2-3-4;/h2*4H,3H2;. The van der Waals surface area contributed by atoms with E-state index >= 15 is 0 Å². The van der Waals surface area contributed by atoms with E-state index in [0.717, 1.165) is 0 Å². The van der Waals surface area contributed by atoms with Crippen molar-refractivity contribution in [1.82, 2.24) is 0 Å². The van der Waals surface area contributed by atoms with Gasteiger partial charge in [-0.2, -0.15) is 0 Å². The molecule has 0 bridgehead atoms. The van der Waals surface area contributed by atoms with Gasteiger partial charge in [-0.05, 0) is 0 Å². The molecule has 0 atom stereocenters. The molecule has 0 fully saturated rings. The molecule has 9 heavy (non-hydrogen) atoms. The number of aliphatic hydroxyl groups is 2. The van der Waals surface area contributed by atoms with Gasteiger partial charge in [0.15, 0.2) is 0 Å². The van der Waals surface area contributed by atoms with Crippen LogP contribution in [0, 0.1) is 18.7 Å². The second-order valence-corrected chi connectivity index (χ2v) is 5.32. The third-order valence-corrected chi connectivity index (χ3v) is 3.90. The van der Waals surface area contributed by atoms with Crippen LogP contribution in [0.5, 0.6) is 0 Å². The molecule has 0 aliphatic heterocycles. The maximum atomic E-state index is 8.19. The van der Waals surface area contributed by atoms with Crippen molar-refractivity contribution >= 4 is 0 Å². The van der Waals surface area contributed by atoms with E-state index in [9.17, 15) is 0 Å². The van der Waals surface area contributed by atoms with Crippen molar-refractivity contribution in [1.29, 1.82) is 0 Å². The topological polar surface area (TPSA) is 40.5 Å². The first-order chi connectivity index (χ1) is 4.41. The Labute approximate surface area is 66.7 Å². The molecular formula is C6H6HgO2. The summed E-state index contributed by atoms with van der Waals surface area (Å²) in [5, 5.41) is 16.4. The summed E-state index contributed by atoms with van der Waals surface area (Å²) in [5.74, 6) is 5.05. The molecule has 0 radical (unpaired) electrons. The van der Waals surface area contributed by atoms with E-state index in [1.807, 2.05) is 0 Å². The van der Waals surface area contributed by atoms with Gasteiger partial charge in [0, 0.05) is 0 Å². The van der Waals surface area contributed by atoms with Crippen LogP contribution in [0.15, 0.2) is 0 Å².